The molecule has 0 amide bonds. The van der Waals surface area contributed by atoms with Crippen molar-refractivity contribution >= 4 is 38.6 Å². The highest BCUT2D eigenvalue weighted by molar-refractivity contribution is 9.10. The van der Waals surface area contributed by atoms with Crippen LogP contribution in [0.1, 0.15) is 0 Å². The Morgan fingerprint density at radius 2 is 0.966 bits per heavy atom. The minimum absolute atomic E-state index is 0.958. The SMILES string of the molecule is Brc1ccc(-c2csc(-c3nc(-c4ccc(-c5ccccc5)cc4)cs3)n2)cc1. The summed E-state index contributed by atoms with van der Waals surface area (Å²) in [4.78, 5) is 9.63. The fourth-order valence-electron chi connectivity index (χ4n) is 3.09. The lowest BCUT2D eigenvalue weighted by Gasteiger charge is -2.02. The molecule has 140 valence electrons. The monoisotopic (exact) mass is 474 g/mol. The van der Waals surface area contributed by atoms with Crippen molar-refractivity contribution in [3.63, 3.8) is 0 Å². The summed E-state index contributed by atoms with van der Waals surface area (Å²) in [5.74, 6) is 0. The summed E-state index contributed by atoms with van der Waals surface area (Å²) in [5.41, 5.74) is 6.65. The molecule has 0 aliphatic rings. The number of aromatic nitrogens is 2. The van der Waals surface area contributed by atoms with Crippen molar-refractivity contribution in [2.75, 3.05) is 0 Å². The number of hydrogen-bond donors (Lipinski definition) is 0. The first-order valence-electron chi connectivity index (χ1n) is 9.09. The summed E-state index contributed by atoms with van der Waals surface area (Å²) in [6, 6.07) is 27.2. The van der Waals surface area contributed by atoms with Crippen LogP contribution in [0, 0.1) is 0 Å². The zero-order chi connectivity index (χ0) is 19.6. The van der Waals surface area contributed by atoms with Gasteiger partial charge in [-0.2, -0.15) is 0 Å². The van der Waals surface area contributed by atoms with Crippen LogP contribution in [0.3, 0.4) is 0 Å². The van der Waals surface area contributed by atoms with Crippen LogP contribution < -0.4 is 0 Å². The third-order valence-corrected chi connectivity index (χ3v) is 6.97. The summed E-state index contributed by atoms with van der Waals surface area (Å²) < 4.78 is 1.07. The van der Waals surface area contributed by atoms with Crippen LogP contribution >= 0.6 is 38.6 Å². The number of benzene rings is 3. The second kappa shape index (κ2) is 8.03. The van der Waals surface area contributed by atoms with Crippen LogP contribution in [0.2, 0.25) is 0 Å². The van der Waals surface area contributed by atoms with Gasteiger partial charge >= 0.3 is 0 Å². The standard InChI is InChI=1S/C24H15BrN2S2/c25-20-12-10-19(11-13-20)22-15-29-24(27-22)23-26-21(14-28-23)18-8-6-17(7-9-18)16-4-2-1-3-5-16/h1-15H. The smallest absolute Gasteiger partial charge is 0.152 e. The van der Waals surface area contributed by atoms with Crippen molar-refractivity contribution in [2.45, 2.75) is 0 Å². The second-order valence-electron chi connectivity index (χ2n) is 6.53. The topological polar surface area (TPSA) is 25.8 Å². The Bertz CT molecular complexity index is 1240. The molecule has 2 aromatic heterocycles. The van der Waals surface area contributed by atoms with Gasteiger partial charge in [0.05, 0.1) is 11.4 Å². The van der Waals surface area contributed by atoms with Gasteiger partial charge in [-0.15, -0.1) is 22.7 Å². The fourth-order valence-corrected chi connectivity index (χ4v) is 5.07. The molecule has 5 heteroatoms. The molecule has 0 saturated heterocycles. The molecular formula is C24H15BrN2S2. The summed E-state index contributed by atoms with van der Waals surface area (Å²) in [6.45, 7) is 0. The van der Waals surface area contributed by atoms with E-state index >= 15 is 0 Å². The third kappa shape index (κ3) is 3.94. The Labute approximate surface area is 185 Å². The molecule has 0 aliphatic heterocycles. The lowest BCUT2D eigenvalue weighted by molar-refractivity contribution is 1.35. The summed E-state index contributed by atoms with van der Waals surface area (Å²) in [5, 5.41) is 6.11. The van der Waals surface area contributed by atoms with E-state index in [-0.39, 0.29) is 0 Å². The number of hydrogen-bond acceptors (Lipinski definition) is 4. The molecule has 0 radical (unpaired) electrons. The van der Waals surface area contributed by atoms with Gasteiger partial charge in [0.25, 0.3) is 0 Å². The van der Waals surface area contributed by atoms with Crippen molar-refractivity contribution in [3.8, 4) is 43.7 Å². The average Bonchev–Trinajstić information content (AvgIpc) is 3.45. The fraction of sp³-hybridized carbons (Fsp3) is 0. The highest BCUT2D eigenvalue weighted by Gasteiger charge is 2.12. The molecule has 3 aromatic carbocycles. The maximum absolute atomic E-state index is 4.83. The van der Waals surface area contributed by atoms with Crippen LogP contribution in [-0.4, -0.2) is 9.97 Å². The van der Waals surface area contributed by atoms with Crippen molar-refractivity contribution < 1.29 is 0 Å². The third-order valence-electron chi connectivity index (χ3n) is 4.62. The number of nitrogens with zero attached hydrogens (tertiary/aromatic N) is 2. The molecule has 0 unspecified atom stereocenters. The van der Waals surface area contributed by atoms with E-state index in [1.807, 2.05) is 18.2 Å². The van der Waals surface area contributed by atoms with Crippen molar-refractivity contribution in [1.29, 1.82) is 0 Å². The summed E-state index contributed by atoms with van der Waals surface area (Å²) in [7, 11) is 0. The number of rotatable bonds is 4. The lowest BCUT2D eigenvalue weighted by Crippen LogP contribution is -1.82. The minimum atomic E-state index is 0.958. The molecular weight excluding hydrogens is 460 g/mol. The molecule has 2 nitrogen and oxygen atoms in total. The molecule has 29 heavy (non-hydrogen) atoms. The van der Waals surface area contributed by atoms with Gasteiger partial charge in [0.2, 0.25) is 0 Å². The molecule has 0 N–H and O–H groups in total. The molecule has 0 bridgehead atoms. The minimum Gasteiger partial charge on any atom is -0.233 e. The Morgan fingerprint density at radius 1 is 0.517 bits per heavy atom. The van der Waals surface area contributed by atoms with Gasteiger partial charge in [-0.3, -0.25) is 0 Å². The van der Waals surface area contributed by atoms with Gasteiger partial charge in [-0.05, 0) is 23.3 Å². The predicted molar refractivity (Wildman–Crippen MR) is 127 cm³/mol. The molecule has 0 aliphatic carbocycles. The Morgan fingerprint density at radius 3 is 1.52 bits per heavy atom. The summed E-state index contributed by atoms with van der Waals surface area (Å²) in [6.07, 6.45) is 0. The molecule has 0 spiro atoms. The Hall–Kier alpha value is -2.60. The van der Waals surface area contributed by atoms with Gasteiger partial charge in [-0.25, -0.2) is 9.97 Å². The van der Waals surface area contributed by atoms with Gasteiger partial charge in [0.15, 0.2) is 10.0 Å². The van der Waals surface area contributed by atoms with Crippen LogP contribution in [0.25, 0.3) is 43.7 Å². The highest BCUT2D eigenvalue weighted by atomic mass is 79.9. The van der Waals surface area contributed by atoms with Crippen LogP contribution in [0.15, 0.2) is 94.1 Å². The van der Waals surface area contributed by atoms with Crippen molar-refractivity contribution in [2.24, 2.45) is 0 Å². The first kappa shape index (κ1) is 18.4. The van der Waals surface area contributed by atoms with E-state index in [0.29, 0.717) is 0 Å². The van der Waals surface area contributed by atoms with E-state index in [2.05, 4.69) is 87.4 Å². The van der Waals surface area contributed by atoms with Gasteiger partial charge in [0.1, 0.15) is 0 Å². The normalized spacial score (nSPS) is 10.9. The van der Waals surface area contributed by atoms with Gasteiger partial charge in [0, 0.05) is 26.4 Å². The molecule has 2 heterocycles. The van der Waals surface area contributed by atoms with E-state index in [4.69, 9.17) is 9.97 Å². The number of halogens is 1. The van der Waals surface area contributed by atoms with Gasteiger partial charge in [-0.1, -0.05) is 82.7 Å². The van der Waals surface area contributed by atoms with E-state index in [0.717, 1.165) is 37.0 Å². The maximum Gasteiger partial charge on any atom is 0.152 e. The molecule has 5 rings (SSSR count). The average molecular weight is 475 g/mol. The molecule has 0 saturated carbocycles. The van der Waals surface area contributed by atoms with E-state index in [1.165, 1.54) is 11.1 Å². The Kier molecular flexibility index (Phi) is 5.10. The number of thiazole rings is 2. The van der Waals surface area contributed by atoms with Crippen LogP contribution in [-0.2, 0) is 0 Å². The van der Waals surface area contributed by atoms with E-state index in [1.54, 1.807) is 22.7 Å². The highest BCUT2D eigenvalue weighted by Crippen LogP contribution is 2.34. The predicted octanol–water partition coefficient (Wildman–Crippen LogP) is 8.03. The van der Waals surface area contributed by atoms with Crippen molar-refractivity contribution in [3.05, 3.63) is 94.1 Å². The zero-order valence-corrected chi connectivity index (χ0v) is 18.5. The molecule has 0 fully saturated rings. The van der Waals surface area contributed by atoms with Crippen LogP contribution in [0.5, 0.6) is 0 Å². The van der Waals surface area contributed by atoms with Crippen LogP contribution in [0.4, 0.5) is 0 Å². The zero-order valence-electron chi connectivity index (χ0n) is 15.2. The maximum atomic E-state index is 4.83. The van der Waals surface area contributed by atoms with E-state index < -0.39 is 0 Å². The first-order valence-corrected chi connectivity index (χ1v) is 11.6. The second-order valence-corrected chi connectivity index (χ2v) is 9.16. The first-order chi connectivity index (χ1) is 14.3. The quantitative estimate of drug-likeness (QED) is 0.263. The summed E-state index contributed by atoms with van der Waals surface area (Å²) >= 11 is 6.75. The molecule has 5 aromatic rings. The van der Waals surface area contributed by atoms with E-state index in [9.17, 15) is 0 Å². The lowest BCUT2D eigenvalue weighted by atomic mass is 10.0. The van der Waals surface area contributed by atoms with Crippen molar-refractivity contribution in [1.82, 2.24) is 9.97 Å². The van der Waals surface area contributed by atoms with Gasteiger partial charge < -0.3 is 0 Å². The largest absolute Gasteiger partial charge is 0.233 e. The Balaban J connectivity index is 1.39. The molecule has 0 atom stereocenters.